The van der Waals surface area contributed by atoms with Gasteiger partial charge in [0.25, 0.3) is 0 Å². The van der Waals surface area contributed by atoms with Gasteiger partial charge < -0.3 is 14.8 Å². The second-order valence-corrected chi connectivity index (χ2v) is 4.08. The van der Waals surface area contributed by atoms with Gasteiger partial charge in [0, 0.05) is 13.2 Å². The summed E-state index contributed by atoms with van der Waals surface area (Å²) < 4.78 is 10.7. The smallest absolute Gasteiger partial charge is 0.180 e. The van der Waals surface area contributed by atoms with E-state index in [0.717, 1.165) is 26.2 Å². The number of rotatable bonds is 10. The van der Waals surface area contributed by atoms with Gasteiger partial charge in [-0.25, -0.2) is 0 Å². The fourth-order valence-corrected chi connectivity index (χ4v) is 1.72. The van der Waals surface area contributed by atoms with Gasteiger partial charge in [-0.15, -0.1) is 0 Å². The molecule has 4 heteroatoms. The van der Waals surface area contributed by atoms with E-state index < -0.39 is 0 Å². The van der Waals surface area contributed by atoms with E-state index in [4.69, 9.17) is 9.47 Å². The molecule has 0 spiro atoms. The van der Waals surface area contributed by atoms with E-state index in [0.29, 0.717) is 24.5 Å². The standard InChI is InChI=1S/C15H23NO3/c1-3-18-11-7-10-16-12-14(17)13-8-5-6-9-15(13)19-4-2/h5-6,8-9,16H,3-4,7,10-12H2,1-2H3. The normalized spacial score (nSPS) is 10.4. The van der Waals surface area contributed by atoms with Crippen molar-refractivity contribution in [2.24, 2.45) is 0 Å². The van der Waals surface area contributed by atoms with Gasteiger partial charge in [0.15, 0.2) is 5.78 Å². The monoisotopic (exact) mass is 265 g/mol. The van der Waals surface area contributed by atoms with Crippen molar-refractivity contribution in [2.45, 2.75) is 20.3 Å². The highest BCUT2D eigenvalue weighted by Gasteiger charge is 2.10. The SMILES string of the molecule is CCOCCCNCC(=O)c1ccccc1OCC. The molecule has 0 fully saturated rings. The zero-order valence-corrected chi connectivity index (χ0v) is 11.8. The Kier molecular flexibility index (Phi) is 7.86. The van der Waals surface area contributed by atoms with Crippen molar-refractivity contribution >= 4 is 5.78 Å². The molecule has 0 atom stereocenters. The van der Waals surface area contributed by atoms with E-state index in [2.05, 4.69) is 5.32 Å². The molecule has 4 nitrogen and oxygen atoms in total. The number of hydrogen-bond donors (Lipinski definition) is 1. The zero-order valence-electron chi connectivity index (χ0n) is 11.8. The number of Topliss-reactive ketones (excluding diaryl/α,β-unsaturated/α-hetero) is 1. The van der Waals surface area contributed by atoms with Gasteiger partial charge in [-0.05, 0) is 38.9 Å². The fourth-order valence-electron chi connectivity index (χ4n) is 1.72. The first-order valence-corrected chi connectivity index (χ1v) is 6.83. The Balaban J connectivity index is 2.36. The largest absolute Gasteiger partial charge is 0.493 e. The maximum absolute atomic E-state index is 12.1. The van der Waals surface area contributed by atoms with Crippen molar-refractivity contribution in [2.75, 3.05) is 32.9 Å². The van der Waals surface area contributed by atoms with Gasteiger partial charge >= 0.3 is 0 Å². The summed E-state index contributed by atoms with van der Waals surface area (Å²) in [7, 11) is 0. The maximum atomic E-state index is 12.1. The summed E-state index contributed by atoms with van der Waals surface area (Å²) in [6.07, 6.45) is 0.911. The molecule has 0 bridgehead atoms. The number of benzene rings is 1. The first-order valence-electron chi connectivity index (χ1n) is 6.83. The van der Waals surface area contributed by atoms with Crippen LogP contribution in [0, 0.1) is 0 Å². The topological polar surface area (TPSA) is 47.6 Å². The molecule has 106 valence electrons. The number of ketones is 1. The molecule has 0 aliphatic heterocycles. The van der Waals surface area contributed by atoms with Crippen molar-refractivity contribution in [3.05, 3.63) is 29.8 Å². The highest BCUT2D eigenvalue weighted by atomic mass is 16.5. The summed E-state index contributed by atoms with van der Waals surface area (Å²) in [5.41, 5.74) is 0.640. The lowest BCUT2D eigenvalue weighted by Gasteiger charge is -2.09. The number of hydrogen-bond acceptors (Lipinski definition) is 4. The summed E-state index contributed by atoms with van der Waals surface area (Å²) in [5.74, 6) is 0.714. The van der Waals surface area contributed by atoms with E-state index in [1.54, 1.807) is 6.07 Å². The fraction of sp³-hybridized carbons (Fsp3) is 0.533. The number of nitrogens with one attached hydrogen (secondary N) is 1. The summed E-state index contributed by atoms with van der Waals surface area (Å²) in [6.45, 7) is 7.02. The number of carbonyl (C=O) groups is 1. The van der Waals surface area contributed by atoms with Crippen molar-refractivity contribution in [3.8, 4) is 5.75 Å². The lowest BCUT2D eigenvalue weighted by atomic mass is 10.1. The summed E-state index contributed by atoms with van der Waals surface area (Å²) in [4.78, 5) is 12.1. The second-order valence-electron chi connectivity index (χ2n) is 4.08. The van der Waals surface area contributed by atoms with Gasteiger partial charge in [0.2, 0.25) is 0 Å². The zero-order chi connectivity index (χ0) is 13.9. The molecule has 1 N–H and O–H groups in total. The van der Waals surface area contributed by atoms with Crippen LogP contribution in [0.4, 0.5) is 0 Å². The Hall–Kier alpha value is -1.39. The quantitative estimate of drug-likeness (QED) is 0.521. The molecule has 0 saturated heterocycles. The summed E-state index contributed by atoms with van der Waals surface area (Å²) >= 11 is 0. The summed E-state index contributed by atoms with van der Waals surface area (Å²) in [5, 5.41) is 3.13. The predicted octanol–water partition coefficient (Wildman–Crippen LogP) is 2.28. The molecule has 1 aromatic carbocycles. The third-order valence-corrected chi connectivity index (χ3v) is 2.62. The van der Waals surface area contributed by atoms with E-state index in [1.165, 1.54) is 0 Å². The third-order valence-electron chi connectivity index (χ3n) is 2.62. The Morgan fingerprint density at radius 2 is 2.00 bits per heavy atom. The summed E-state index contributed by atoms with van der Waals surface area (Å²) in [6, 6.07) is 7.35. The molecule has 19 heavy (non-hydrogen) atoms. The van der Waals surface area contributed by atoms with Gasteiger partial charge in [-0.2, -0.15) is 0 Å². The molecular formula is C15H23NO3. The van der Waals surface area contributed by atoms with Crippen LogP contribution in [0.15, 0.2) is 24.3 Å². The maximum Gasteiger partial charge on any atom is 0.180 e. The van der Waals surface area contributed by atoms with Crippen molar-refractivity contribution in [3.63, 3.8) is 0 Å². The molecule has 0 aliphatic carbocycles. The van der Waals surface area contributed by atoms with E-state index in [9.17, 15) is 4.79 Å². The highest BCUT2D eigenvalue weighted by Crippen LogP contribution is 2.18. The number of para-hydroxylation sites is 1. The average molecular weight is 265 g/mol. The van der Waals surface area contributed by atoms with Crippen LogP contribution < -0.4 is 10.1 Å². The molecular weight excluding hydrogens is 242 g/mol. The minimum atomic E-state index is 0.0560. The third kappa shape index (κ3) is 5.85. The lowest BCUT2D eigenvalue weighted by molar-refractivity contribution is 0.0984. The molecule has 1 aromatic rings. The van der Waals surface area contributed by atoms with Crippen LogP contribution in [0.3, 0.4) is 0 Å². The second kappa shape index (κ2) is 9.53. The predicted molar refractivity (Wildman–Crippen MR) is 75.9 cm³/mol. The van der Waals surface area contributed by atoms with Crippen molar-refractivity contribution < 1.29 is 14.3 Å². The van der Waals surface area contributed by atoms with Crippen LogP contribution >= 0.6 is 0 Å². The van der Waals surface area contributed by atoms with Crippen LogP contribution in [-0.2, 0) is 4.74 Å². The van der Waals surface area contributed by atoms with Crippen LogP contribution in [0.25, 0.3) is 0 Å². The van der Waals surface area contributed by atoms with Crippen molar-refractivity contribution in [1.29, 1.82) is 0 Å². The van der Waals surface area contributed by atoms with Gasteiger partial charge in [0.1, 0.15) is 5.75 Å². The highest BCUT2D eigenvalue weighted by molar-refractivity contribution is 6.00. The molecule has 0 radical (unpaired) electrons. The molecule has 0 aliphatic rings. The molecule has 0 saturated carbocycles. The Labute approximate surface area is 115 Å². The lowest BCUT2D eigenvalue weighted by Crippen LogP contribution is -2.25. The number of carbonyl (C=O) groups excluding carboxylic acids is 1. The van der Waals surface area contributed by atoms with Crippen LogP contribution in [-0.4, -0.2) is 38.7 Å². The minimum Gasteiger partial charge on any atom is -0.493 e. The number of ether oxygens (including phenoxy) is 2. The van der Waals surface area contributed by atoms with Crippen molar-refractivity contribution in [1.82, 2.24) is 5.32 Å². The van der Waals surface area contributed by atoms with Crippen LogP contribution in [0.5, 0.6) is 5.75 Å². The first kappa shape index (κ1) is 15.7. The molecule has 0 aromatic heterocycles. The van der Waals surface area contributed by atoms with E-state index in [-0.39, 0.29) is 5.78 Å². The average Bonchev–Trinajstić information content (AvgIpc) is 2.43. The Bertz CT molecular complexity index is 379. The van der Waals surface area contributed by atoms with E-state index >= 15 is 0 Å². The Morgan fingerprint density at radius 3 is 2.74 bits per heavy atom. The molecule has 0 unspecified atom stereocenters. The first-order chi connectivity index (χ1) is 9.29. The molecule has 0 amide bonds. The van der Waals surface area contributed by atoms with Crippen LogP contribution in [0.2, 0.25) is 0 Å². The van der Waals surface area contributed by atoms with Gasteiger partial charge in [-0.3, -0.25) is 4.79 Å². The van der Waals surface area contributed by atoms with E-state index in [1.807, 2.05) is 32.0 Å². The van der Waals surface area contributed by atoms with Gasteiger partial charge in [0.05, 0.1) is 18.7 Å². The van der Waals surface area contributed by atoms with Crippen LogP contribution in [0.1, 0.15) is 30.6 Å². The molecule has 1 rings (SSSR count). The minimum absolute atomic E-state index is 0.0560. The van der Waals surface area contributed by atoms with Gasteiger partial charge in [-0.1, -0.05) is 12.1 Å². The molecule has 0 heterocycles. The Morgan fingerprint density at radius 1 is 1.21 bits per heavy atom.